The van der Waals surface area contributed by atoms with Crippen LogP contribution in [-0.2, 0) is 4.79 Å². The lowest BCUT2D eigenvalue weighted by Crippen LogP contribution is -2.24. The first-order valence-corrected chi connectivity index (χ1v) is 8.95. The molecule has 0 bridgehead atoms. The minimum Gasteiger partial charge on any atom is -0.379 e. The molecule has 1 saturated carbocycles. The zero-order valence-corrected chi connectivity index (χ0v) is 14.3. The van der Waals surface area contributed by atoms with E-state index in [9.17, 15) is 4.79 Å². The maximum absolute atomic E-state index is 12.3. The van der Waals surface area contributed by atoms with Crippen LogP contribution in [-0.4, -0.2) is 5.91 Å². The fourth-order valence-electron chi connectivity index (χ4n) is 3.33. The SMILES string of the molecule is CC(Nc1ccc(NC(=O)C2CCCCC2)cc1)c1ccccc1. The van der Waals surface area contributed by atoms with Gasteiger partial charge >= 0.3 is 0 Å². The molecule has 0 saturated heterocycles. The zero-order chi connectivity index (χ0) is 16.8. The number of hydrogen-bond donors (Lipinski definition) is 2. The van der Waals surface area contributed by atoms with Gasteiger partial charge in [-0.1, -0.05) is 49.6 Å². The number of hydrogen-bond acceptors (Lipinski definition) is 2. The van der Waals surface area contributed by atoms with Crippen LogP contribution >= 0.6 is 0 Å². The molecule has 0 aromatic heterocycles. The molecule has 1 amide bonds. The second-order valence-corrected chi connectivity index (χ2v) is 6.68. The highest BCUT2D eigenvalue weighted by Gasteiger charge is 2.20. The van der Waals surface area contributed by atoms with E-state index in [1.54, 1.807) is 0 Å². The van der Waals surface area contributed by atoms with E-state index in [0.717, 1.165) is 24.2 Å². The Bertz CT molecular complexity index is 645. The summed E-state index contributed by atoms with van der Waals surface area (Å²) in [5.41, 5.74) is 3.19. The number of rotatable bonds is 5. The standard InChI is InChI=1S/C21H26N2O/c1-16(17-8-4-2-5-9-17)22-19-12-14-20(15-13-19)23-21(24)18-10-6-3-7-11-18/h2,4-5,8-9,12-16,18,22H,3,6-7,10-11H2,1H3,(H,23,24). The quantitative estimate of drug-likeness (QED) is 0.776. The Hall–Kier alpha value is -2.29. The minimum absolute atomic E-state index is 0.174. The molecule has 3 heteroatoms. The Balaban J connectivity index is 1.56. The molecule has 126 valence electrons. The Morgan fingerprint density at radius 2 is 1.54 bits per heavy atom. The van der Waals surface area contributed by atoms with Crippen LogP contribution in [0, 0.1) is 5.92 Å². The van der Waals surface area contributed by atoms with E-state index in [1.165, 1.54) is 24.8 Å². The number of carbonyl (C=O) groups is 1. The fraction of sp³-hybridized carbons (Fsp3) is 0.381. The molecule has 1 atom stereocenters. The van der Waals surface area contributed by atoms with Crippen LogP contribution in [0.15, 0.2) is 54.6 Å². The van der Waals surface area contributed by atoms with Crippen LogP contribution in [0.3, 0.4) is 0 Å². The van der Waals surface area contributed by atoms with Crippen LogP contribution in [0.4, 0.5) is 11.4 Å². The van der Waals surface area contributed by atoms with Crippen molar-refractivity contribution < 1.29 is 4.79 Å². The summed E-state index contributed by atoms with van der Waals surface area (Å²) in [5.74, 6) is 0.364. The third-order valence-electron chi connectivity index (χ3n) is 4.81. The van der Waals surface area contributed by atoms with Crippen LogP contribution in [0.2, 0.25) is 0 Å². The second kappa shape index (κ2) is 8.00. The molecule has 0 aliphatic heterocycles. The van der Waals surface area contributed by atoms with Crippen LogP contribution in [0.5, 0.6) is 0 Å². The second-order valence-electron chi connectivity index (χ2n) is 6.68. The van der Waals surface area contributed by atoms with E-state index in [2.05, 4.69) is 41.8 Å². The largest absolute Gasteiger partial charge is 0.379 e. The zero-order valence-electron chi connectivity index (χ0n) is 14.3. The van der Waals surface area contributed by atoms with Gasteiger partial charge in [0.1, 0.15) is 0 Å². The number of nitrogens with one attached hydrogen (secondary N) is 2. The summed E-state index contributed by atoms with van der Waals surface area (Å²) in [6.45, 7) is 2.15. The van der Waals surface area contributed by atoms with Crippen molar-refractivity contribution in [2.24, 2.45) is 5.92 Å². The normalized spacial score (nSPS) is 16.4. The van der Waals surface area contributed by atoms with Crippen LogP contribution < -0.4 is 10.6 Å². The summed E-state index contributed by atoms with van der Waals surface area (Å²) in [5, 5.41) is 6.55. The van der Waals surface area contributed by atoms with Gasteiger partial charge in [0.05, 0.1) is 0 Å². The summed E-state index contributed by atoms with van der Waals surface area (Å²) in [6, 6.07) is 18.6. The Labute approximate surface area is 144 Å². The number of benzene rings is 2. The predicted octanol–water partition coefficient (Wildman–Crippen LogP) is 5.38. The lowest BCUT2D eigenvalue weighted by Gasteiger charge is -2.21. The van der Waals surface area contributed by atoms with Gasteiger partial charge in [-0.3, -0.25) is 4.79 Å². The van der Waals surface area contributed by atoms with Crippen molar-refractivity contribution in [2.45, 2.75) is 45.1 Å². The monoisotopic (exact) mass is 322 g/mol. The molecule has 2 aromatic rings. The van der Waals surface area contributed by atoms with Gasteiger partial charge in [-0.15, -0.1) is 0 Å². The number of anilines is 2. The first-order valence-electron chi connectivity index (χ1n) is 8.95. The molecule has 1 aliphatic rings. The molecule has 24 heavy (non-hydrogen) atoms. The van der Waals surface area contributed by atoms with Crippen LogP contribution in [0.25, 0.3) is 0 Å². The van der Waals surface area contributed by atoms with E-state index >= 15 is 0 Å². The fourth-order valence-corrected chi connectivity index (χ4v) is 3.33. The Kier molecular flexibility index (Phi) is 5.52. The van der Waals surface area contributed by atoms with Gasteiger partial charge in [0, 0.05) is 23.3 Å². The van der Waals surface area contributed by atoms with Crippen molar-refractivity contribution in [2.75, 3.05) is 10.6 Å². The first-order chi connectivity index (χ1) is 11.7. The number of amides is 1. The average molecular weight is 322 g/mol. The molecule has 2 N–H and O–H groups in total. The highest BCUT2D eigenvalue weighted by molar-refractivity contribution is 5.92. The molecule has 3 rings (SSSR count). The Morgan fingerprint density at radius 3 is 2.21 bits per heavy atom. The molecule has 1 aliphatic carbocycles. The van der Waals surface area contributed by atoms with Gasteiger partial charge in [-0.25, -0.2) is 0 Å². The molecular weight excluding hydrogens is 296 g/mol. The third-order valence-corrected chi connectivity index (χ3v) is 4.81. The van der Waals surface area contributed by atoms with Gasteiger partial charge in [0.25, 0.3) is 0 Å². The maximum atomic E-state index is 12.3. The van der Waals surface area contributed by atoms with Gasteiger partial charge in [0.2, 0.25) is 5.91 Å². The van der Waals surface area contributed by atoms with Crippen molar-refractivity contribution in [1.82, 2.24) is 0 Å². The van der Waals surface area contributed by atoms with E-state index in [0.29, 0.717) is 0 Å². The van der Waals surface area contributed by atoms with E-state index < -0.39 is 0 Å². The lowest BCUT2D eigenvalue weighted by molar-refractivity contribution is -0.120. The van der Waals surface area contributed by atoms with Crippen molar-refractivity contribution in [3.8, 4) is 0 Å². The predicted molar refractivity (Wildman–Crippen MR) is 100 cm³/mol. The summed E-state index contributed by atoms with van der Waals surface area (Å²) < 4.78 is 0. The van der Waals surface area contributed by atoms with Crippen molar-refractivity contribution in [3.05, 3.63) is 60.2 Å². The molecule has 3 nitrogen and oxygen atoms in total. The Morgan fingerprint density at radius 1 is 0.917 bits per heavy atom. The molecule has 0 heterocycles. The molecule has 1 fully saturated rings. The van der Waals surface area contributed by atoms with E-state index in [-0.39, 0.29) is 17.9 Å². The highest BCUT2D eigenvalue weighted by atomic mass is 16.1. The molecule has 1 unspecified atom stereocenters. The van der Waals surface area contributed by atoms with Crippen LogP contribution in [0.1, 0.15) is 50.6 Å². The smallest absolute Gasteiger partial charge is 0.227 e. The van der Waals surface area contributed by atoms with E-state index in [4.69, 9.17) is 0 Å². The van der Waals surface area contributed by atoms with Gasteiger partial charge in [0.15, 0.2) is 0 Å². The molecular formula is C21H26N2O. The summed E-state index contributed by atoms with van der Waals surface area (Å²) in [4.78, 5) is 12.3. The van der Waals surface area contributed by atoms with Gasteiger partial charge in [-0.05, 0) is 49.6 Å². The highest BCUT2D eigenvalue weighted by Crippen LogP contribution is 2.25. The topological polar surface area (TPSA) is 41.1 Å². The molecule has 2 aromatic carbocycles. The van der Waals surface area contributed by atoms with E-state index in [1.807, 2.05) is 30.3 Å². The lowest BCUT2D eigenvalue weighted by atomic mass is 9.88. The maximum Gasteiger partial charge on any atom is 0.227 e. The van der Waals surface area contributed by atoms with Crippen molar-refractivity contribution in [3.63, 3.8) is 0 Å². The molecule has 0 radical (unpaired) electrons. The van der Waals surface area contributed by atoms with Gasteiger partial charge < -0.3 is 10.6 Å². The van der Waals surface area contributed by atoms with Gasteiger partial charge in [-0.2, -0.15) is 0 Å². The first kappa shape index (κ1) is 16.6. The van der Waals surface area contributed by atoms with Crippen molar-refractivity contribution in [1.29, 1.82) is 0 Å². The average Bonchev–Trinajstić information content (AvgIpc) is 2.65. The van der Waals surface area contributed by atoms with Crippen molar-refractivity contribution >= 4 is 17.3 Å². The minimum atomic E-state index is 0.174. The molecule has 0 spiro atoms. The summed E-state index contributed by atoms with van der Waals surface area (Å²) >= 11 is 0. The summed E-state index contributed by atoms with van der Waals surface area (Å²) in [6.07, 6.45) is 5.68. The third kappa shape index (κ3) is 4.38. The summed E-state index contributed by atoms with van der Waals surface area (Å²) in [7, 11) is 0. The number of carbonyl (C=O) groups excluding carboxylic acids is 1.